The molecule has 0 aliphatic carbocycles. The lowest BCUT2D eigenvalue weighted by Crippen LogP contribution is -2.30. The van der Waals surface area contributed by atoms with Crippen molar-refractivity contribution in [1.82, 2.24) is 9.97 Å². The Balaban J connectivity index is 0.000000612. The van der Waals surface area contributed by atoms with E-state index in [0.29, 0.717) is 0 Å². The minimum atomic E-state index is -0.250. The molecule has 2 heterocycles. The molecule has 0 unspecified atom stereocenters. The van der Waals surface area contributed by atoms with Crippen LogP contribution in [0.2, 0.25) is 0 Å². The fraction of sp³-hybridized carbons (Fsp3) is 0.533. The van der Waals surface area contributed by atoms with Crippen molar-refractivity contribution in [1.29, 1.82) is 0 Å². The number of piperidine rings is 1. The fourth-order valence-electron chi connectivity index (χ4n) is 2.12. The van der Waals surface area contributed by atoms with E-state index in [0.717, 1.165) is 31.0 Å². The molecular formula is C15H23N3O2. The molecule has 5 heteroatoms. The third kappa shape index (κ3) is 5.82. The molecule has 1 aromatic heterocycles. The molecule has 0 saturated carbocycles. The molecule has 0 atom stereocenters. The van der Waals surface area contributed by atoms with Crippen molar-refractivity contribution in [2.75, 3.05) is 18.0 Å². The molecule has 0 radical (unpaired) electrons. The van der Waals surface area contributed by atoms with Crippen LogP contribution in [0, 0.1) is 0 Å². The summed E-state index contributed by atoms with van der Waals surface area (Å²) in [6.07, 6.45) is 12.2. The normalized spacial score (nSPS) is 14.8. The summed E-state index contributed by atoms with van der Waals surface area (Å²) in [6.45, 7) is 4.20. The lowest BCUT2D eigenvalue weighted by Gasteiger charge is -2.27. The third-order valence-corrected chi connectivity index (χ3v) is 3.10. The molecule has 1 fully saturated rings. The van der Waals surface area contributed by atoms with Gasteiger partial charge < -0.3 is 10.0 Å². The smallest absolute Gasteiger partial charge is 0.290 e. The second kappa shape index (κ2) is 9.95. The Labute approximate surface area is 120 Å². The van der Waals surface area contributed by atoms with E-state index in [4.69, 9.17) is 9.90 Å². The van der Waals surface area contributed by atoms with Crippen molar-refractivity contribution in [3.63, 3.8) is 0 Å². The summed E-state index contributed by atoms with van der Waals surface area (Å²) in [6, 6.07) is 2.09. The maximum Gasteiger partial charge on any atom is 0.290 e. The van der Waals surface area contributed by atoms with Gasteiger partial charge in [0.15, 0.2) is 0 Å². The predicted octanol–water partition coefficient (Wildman–Crippen LogP) is 2.98. The minimum absolute atomic E-state index is 0.250. The quantitative estimate of drug-likeness (QED) is 0.857. The third-order valence-electron chi connectivity index (χ3n) is 3.10. The summed E-state index contributed by atoms with van der Waals surface area (Å²) in [4.78, 5) is 19.4. The summed E-state index contributed by atoms with van der Waals surface area (Å²) in [5.41, 5.74) is 1.02. The molecule has 0 amide bonds. The van der Waals surface area contributed by atoms with Crippen LogP contribution < -0.4 is 4.90 Å². The number of aromatic nitrogens is 2. The molecular weight excluding hydrogens is 254 g/mol. The Morgan fingerprint density at radius 1 is 1.30 bits per heavy atom. The van der Waals surface area contributed by atoms with E-state index in [2.05, 4.69) is 40.0 Å². The van der Waals surface area contributed by atoms with Gasteiger partial charge in [0.25, 0.3) is 6.47 Å². The Bertz CT molecular complexity index is 415. The van der Waals surface area contributed by atoms with Gasteiger partial charge in [-0.15, -0.1) is 0 Å². The predicted molar refractivity (Wildman–Crippen MR) is 80.7 cm³/mol. The van der Waals surface area contributed by atoms with E-state index in [9.17, 15) is 0 Å². The lowest BCUT2D eigenvalue weighted by molar-refractivity contribution is -0.122. The van der Waals surface area contributed by atoms with Crippen LogP contribution in [0.5, 0.6) is 0 Å². The Morgan fingerprint density at radius 2 is 2.00 bits per heavy atom. The van der Waals surface area contributed by atoms with Gasteiger partial charge in [-0.3, -0.25) is 4.79 Å². The average molecular weight is 277 g/mol. The molecule has 0 bridgehead atoms. The van der Waals surface area contributed by atoms with Gasteiger partial charge in [0.05, 0.1) is 5.69 Å². The number of hydrogen-bond donors (Lipinski definition) is 1. The highest BCUT2D eigenvalue weighted by molar-refractivity contribution is 5.51. The number of nitrogens with zero attached hydrogens (tertiary/aromatic N) is 3. The SMILES string of the molecule is CCCC=Cc1cc(N2CCCCC2)ncn1.O=CO. The Hall–Kier alpha value is -1.91. The molecule has 1 aliphatic heterocycles. The molecule has 1 N–H and O–H groups in total. The summed E-state index contributed by atoms with van der Waals surface area (Å²) in [5, 5.41) is 6.89. The van der Waals surface area contributed by atoms with Crippen molar-refractivity contribution in [2.24, 2.45) is 0 Å². The van der Waals surface area contributed by atoms with Crippen LogP contribution in [0.4, 0.5) is 5.82 Å². The number of hydrogen-bond acceptors (Lipinski definition) is 4. The van der Waals surface area contributed by atoms with Crippen molar-refractivity contribution < 1.29 is 9.90 Å². The summed E-state index contributed by atoms with van der Waals surface area (Å²) >= 11 is 0. The minimum Gasteiger partial charge on any atom is -0.483 e. The number of unbranched alkanes of at least 4 members (excludes halogenated alkanes) is 1. The van der Waals surface area contributed by atoms with Crippen LogP contribution in [0.1, 0.15) is 44.7 Å². The van der Waals surface area contributed by atoms with Gasteiger partial charge in [-0.1, -0.05) is 19.4 Å². The molecule has 2 rings (SSSR count). The molecule has 1 aliphatic rings. The van der Waals surface area contributed by atoms with Gasteiger partial charge in [-0.25, -0.2) is 9.97 Å². The monoisotopic (exact) mass is 277 g/mol. The zero-order valence-electron chi connectivity index (χ0n) is 12.0. The average Bonchev–Trinajstić information content (AvgIpc) is 2.50. The number of allylic oxidation sites excluding steroid dienone is 1. The zero-order chi connectivity index (χ0) is 14.6. The summed E-state index contributed by atoms with van der Waals surface area (Å²) in [5.74, 6) is 1.08. The molecule has 1 saturated heterocycles. The van der Waals surface area contributed by atoms with Crippen LogP contribution >= 0.6 is 0 Å². The van der Waals surface area contributed by atoms with Gasteiger partial charge in [0.1, 0.15) is 12.1 Å². The first-order valence-corrected chi connectivity index (χ1v) is 7.13. The highest BCUT2D eigenvalue weighted by Crippen LogP contribution is 2.17. The first kappa shape index (κ1) is 16.1. The van der Waals surface area contributed by atoms with Crippen LogP contribution in [0.25, 0.3) is 6.08 Å². The summed E-state index contributed by atoms with van der Waals surface area (Å²) in [7, 11) is 0. The van der Waals surface area contributed by atoms with Gasteiger partial charge in [0, 0.05) is 19.2 Å². The van der Waals surface area contributed by atoms with Crippen molar-refractivity contribution >= 4 is 18.4 Å². The highest BCUT2D eigenvalue weighted by Gasteiger charge is 2.11. The van der Waals surface area contributed by atoms with Crippen molar-refractivity contribution in [3.8, 4) is 0 Å². The first-order valence-electron chi connectivity index (χ1n) is 7.13. The van der Waals surface area contributed by atoms with Crippen LogP contribution in [-0.4, -0.2) is 34.6 Å². The molecule has 5 nitrogen and oxygen atoms in total. The van der Waals surface area contributed by atoms with E-state index in [1.165, 1.54) is 25.7 Å². The summed E-state index contributed by atoms with van der Waals surface area (Å²) < 4.78 is 0. The highest BCUT2D eigenvalue weighted by atomic mass is 16.3. The molecule has 110 valence electrons. The van der Waals surface area contributed by atoms with Crippen LogP contribution in [0.15, 0.2) is 18.5 Å². The van der Waals surface area contributed by atoms with Crippen molar-refractivity contribution in [2.45, 2.75) is 39.0 Å². The van der Waals surface area contributed by atoms with E-state index in [-0.39, 0.29) is 6.47 Å². The largest absolute Gasteiger partial charge is 0.483 e. The number of carbonyl (C=O) groups is 1. The Morgan fingerprint density at radius 3 is 2.65 bits per heavy atom. The van der Waals surface area contributed by atoms with Gasteiger partial charge in [-0.2, -0.15) is 0 Å². The van der Waals surface area contributed by atoms with E-state index in [1.807, 2.05) is 0 Å². The van der Waals surface area contributed by atoms with E-state index < -0.39 is 0 Å². The van der Waals surface area contributed by atoms with Crippen LogP contribution in [0.3, 0.4) is 0 Å². The topological polar surface area (TPSA) is 66.3 Å². The van der Waals surface area contributed by atoms with E-state index >= 15 is 0 Å². The molecule has 0 spiro atoms. The first-order chi connectivity index (χ1) is 9.81. The molecule has 20 heavy (non-hydrogen) atoms. The molecule has 1 aromatic rings. The Kier molecular flexibility index (Phi) is 8.03. The van der Waals surface area contributed by atoms with E-state index in [1.54, 1.807) is 6.33 Å². The van der Waals surface area contributed by atoms with Gasteiger partial charge in [0.2, 0.25) is 0 Å². The second-order valence-electron chi connectivity index (χ2n) is 4.65. The van der Waals surface area contributed by atoms with Crippen molar-refractivity contribution in [3.05, 3.63) is 24.2 Å². The zero-order valence-corrected chi connectivity index (χ0v) is 12.0. The number of rotatable bonds is 4. The standard InChI is InChI=1S/C14H21N3.CH2O2/c1-2-3-5-8-13-11-14(16-12-15-13)17-9-6-4-7-10-17;2-1-3/h5,8,11-12H,2-4,6-7,9-10H2,1H3;1H,(H,2,3). The van der Waals surface area contributed by atoms with Gasteiger partial charge >= 0.3 is 0 Å². The lowest BCUT2D eigenvalue weighted by atomic mass is 10.1. The van der Waals surface area contributed by atoms with Crippen LogP contribution in [-0.2, 0) is 4.79 Å². The maximum absolute atomic E-state index is 8.36. The maximum atomic E-state index is 8.36. The number of carboxylic acid groups (broad SMARTS) is 1. The van der Waals surface area contributed by atoms with Gasteiger partial charge in [-0.05, 0) is 31.8 Å². The number of anilines is 1. The second-order valence-corrected chi connectivity index (χ2v) is 4.65. The molecule has 0 aromatic carbocycles. The fourth-order valence-corrected chi connectivity index (χ4v) is 2.12.